The third-order valence-electron chi connectivity index (χ3n) is 2.53. The Bertz CT molecular complexity index is 559. The lowest BCUT2D eigenvalue weighted by Crippen LogP contribution is -2.39. The number of benzene rings is 1. The van der Waals surface area contributed by atoms with Crippen LogP contribution in [-0.2, 0) is 19.6 Å². The number of esters is 1. The van der Waals surface area contributed by atoms with E-state index in [4.69, 9.17) is 10.5 Å². The van der Waals surface area contributed by atoms with E-state index in [2.05, 4.69) is 9.46 Å². The van der Waals surface area contributed by atoms with Crippen molar-refractivity contribution in [3.8, 4) is 5.75 Å². The Hall–Kier alpha value is -1.80. The summed E-state index contributed by atoms with van der Waals surface area (Å²) in [6.07, 6.45) is 0. The third-order valence-corrected chi connectivity index (χ3v) is 4.26. The highest BCUT2D eigenvalue weighted by Crippen LogP contribution is 2.13. The molecule has 0 amide bonds. The molecule has 0 heterocycles. The van der Waals surface area contributed by atoms with Crippen molar-refractivity contribution in [2.75, 3.05) is 26.0 Å². The second-order valence-corrected chi connectivity index (χ2v) is 6.11. The number of nitrogens with two attached hydrogens (primary N) is 1. The van der Waals surface area contributed by atoms with Gasteiger partial charge in [-0.1, -0.05) is 6.07 Å². The van der Waals surface area contributed by atoms with E-state index in [9.17, 15) is 13.2 Å². The minimum atomic E-state index is -3.76. The van der Waals surface area contributed by atoms with Crippen molar-refractivity contribution in [3.05, 3.63) is 24.3 Å². The van der Waals surface area contributed by atoms with Crippen molar-refractivity contribution in [2.45, 2.75) is 12.2 Å². The van der Waals surface area contributed by atoms with Gasteiger partial charge in [0.2, 0.25) is 10.0 Å². The minimum Gasteiger partial charge on any atom is -0.492 e. The maximum absolute atomic E-state index is 11.7. The van der Waals surface area contributed by atoms with Crippen LogP contribution in [0.4, 0.5) is 5.69 Å². The highest BCUT2D eigenvalue weighted by molar-refractivity contribution is 7.90. The molecular formula is C12H18N2O5S. The smallest absolute Gasteiger partial charge is 0.325 e. The zero-order chi connectivity index (χ0) is 15.2. The molecule has 1 unspecified atom stereocenters. The van der Waals surface area contributed by atoms with Gasteiger partial charge in [0.1, 0.15) is 12.4 Å². The summed E-state index contributed by atoms with van der Waals surface area (Å²) in [7, 11) is -2.63. The number of hydrogen-bond acceptors (Lipinski definition) is 6. The summed E-state index contributed by atoms with van der Waals surface area (Å²) in [5, 5.41) is -1.26. The van der Waals surface area contributed by atoms with E-state index in [0.29, 0.717) is 11.4 Å². The maximum atomic E-state index is 11.7. The van der Waals surface area contributed by atoms with Gasteiger partial charge in [-0.2, -0.15) is 0 Å². The molecule has 0 aliphatic carbocycles. The van der Waals surface area contributed by atoms with Gasteiger partial charge in [-0.25, -0.2) is 13.1 Å². The predicted molar refractivity (Wildman–Crippen MR) is 74.7 cm³/mol. The molecule has 0 aliphatic heterocycles. The number of ether oxygens (including phenoxy) is 2. The van der Waals surface area contributed by atoms with Crippen LogP contribution in [0.1, 0.15) is 6.92 Å². The molecule has 0 aromatic heterocycles. The van der Waals surface area contributed by atoms with E-state index in [-0.39, 0.29) is 13.2 Å². The molecule has 1 rings (SSSR count). The number of hydrogen-bond donors (Lipinski definition) is 2. The lowest BCUT2D eigenvalue weighted by molar-refractivity contribution is -0.139. The lowest BCUT2D eigenvalue weighted by atomic mass is 10.3. The second kappa shape index (κ2) is 7.11. The van der Waals surface area contributed by atoms with E-state index in [0.717, 1.165) is 7.11 Å². The topological polar surface area (TPSA) is 108 Å². The molecule has 0 aliphatic rings. The molecule has 112 valence electrons. The number of carbonyl (C=O) groups excluding carboxylic acids is 1. The molecular weight excluding hydrogens is 284 g/mol. The summed E-state index contributed by atoms with van der Waals surface area (Å²) in [5.74, 6) is -0.264. The fourth-order valence-electron chi connectivity index (χ4n) is 1.37. The van der Waals surface area contributed by atoms with Crippen molar-refractivity contribution >= 4 is 21.7 Å². The van der Waals surface area contributed by atoms with Crippen LogP contribution in [0.5, 0.6) is 5.75 Å². The summed E-state index contributed by atoms with van der Waals surface area (Å²) >= 11 is 0. The van der Waals surface area contributed by atoms with Crippen molar-refractivity contribution in [1.82, 2.24) is 4.72 Å². The Labute approximate surface area is 118 Å². The average molecular weight is 302 g/mol. The van der Waals surface area contributed by atoms with Gasteiger partial charge in [-0.05, 0) is 19.1 Å². The zero-order valence-electron chi connectivity index (χ0n) is 11.3. The first-order valence-corrected chi connectivity index (χ1v) is 7.46. The van der Waals surface area contributed by atoms with Gasteiger partial charge in [-0.15, -0.1) is 0 Å². The first kappa shape index (κ1) is 16.3. The fraction of sp³-hybridized carbons (Fsp3) is 0.417. The van der Waals surface area contributed by atoms with Gasteiger partial charge in [0, 0.05) is 18.3 Å². The van der Waals surface area contributed by atoms with E-state index in [1.807, 2.05) is 0 Å². The summed E-state index contributed by atoms with van der Waals surface area (Å²) in [5.41, 5.74) is 6.14. The Kier molecular flexibility index (Phi) is 5.78. The van der Waals surface area contributed by atoms with Crippen LogP contribution in [0.3, 0.4) is 0 Å². The average Bonchev–Trinajstić information content (AvgIpc) is 2.42. The molecule has 0 spiro atoms. The summed E-state index contributed by atoms with van der Waals surface area (Å²) in [4.78, 5) is 11.2. The van der Waals surface area contributed by atoms with Crippen molar-refractivity contribution in [2.24, 2.45) is 0 Å². The van der Waals surface area contributed by atoms with E-state index in [1.54, 1.807) is 24.3 Å². The summed E-state index contributed by atoms with van der Waals surface area (Å²) in [6, 6.07) is 6.79. The van der Waals surface area contributed by atoms with E-state index < -0.39 is 21.2 Å². The molecule has 7 nitrogen and oxygen atoms in total. The van der Waals surface area contributed by atoms with Crippen molar-refractivity contribution in [3.63, 3.8) is 0 Å². The highest BCUT2D eigenvalue weighted by Gasteiger charge is 2.28. The second-order valence-electron chi connectivity index (χ2n) is 4.03. The van der Waals surface area contributed by atoms with Gasteiger partial charge in [0.05, 0.1) is 7.11 Å². The minimum absolute atomic E-state index is 0.0401. The normalized spacial score (nSPS) is 12.7. The molecule has 0 saturated heterocycles. The van der Waals surface area contributed by atoms with Crippen LogP contribution < -0.4 is 15.2 Å². The summed E-state index contributed by atoms with van der Waals surface area (Å²) < 4.78 is 35.4. The van der Waals surface area contributed by atoms with Gasteiger partial charge < -0.3 is 15.2 Å². The molecule has 1 atom stereocenters. The van der Waals surface area contributed by atoms with Crippen LogP contribution in [-0.4, -0.2) is 39.9 Å². The molecule has 0 saturated carbocycles. The van der Waals surface area contributed by atoms with Gasteiger partial charge in [-0.3, -0.25) is 4.79 Å². The first-order valence-electron chi connectivity index (χ1n) is 5.91. The van der Waals surface area contributed by atoms with Crippen LogP contribution in [0, 0.1) is 0 Å². The standard InChI is InChI=1S/C12H18N2O5S/c1-9(12(15)18-2)20(16,17)14-6-7-19-11-5-3-4-10(13)8-11/h3-5,8-9,14H,6-7,13H2,1-2H3. The largest absolute Gasteiger partial charge is 0.492 e. The van der Waals surface area contributed by atoms with Crippen molar-refractivity contribution in [1.29, 1.82) is 0 Å². The quantitative estimate of drug-likeness (QED) is 0.421. The van der Waals surface area contributed by atoms with Gasteiger partial charge in [0.25, 0.3) is 0 Å². The Balaban J connectivity index is 2.42. The number of rotatable bonds is 7. The van der Waals surface area contributed by atoms with Gasteiger partial charge in [0.15, 0.2) is 5.25 Å². The summed E-state index contributed by atoms with van der Waals surface area (Å²) in [6.45, 7) is 1.42. The highest BCUT2D eigenvalue weighted by atomic mass is 32.2. The Morgan fingerprint density at radius 2 is 2.15 bits per heavy atom. The molecule has 8 heteroatoms. The number of carbonyl (C=O) groups is 1. The molecule has 1 aromatic rings. The van der Waals surface area contributed by atoms with Crippen LogP contribution in [0.2, 0.25) is 0 Å². The van der Waals surface area contributed by atoms with E-state index >= 15 is 0 Å². The van der Waals surface area contributed by atoms with E-state index in [1.165, 1.54) is 6.92 Å². The first-order chi connectivity index (χ1) is 9.36. The van der Waals surface area contributed by atoms with Crippen LogP contribution >= 0.6 is 0 Å². The fourth-order valence-corrected chi connectivity index (χ4v) is 2.34. The molecule has 0 bridgehead atoms. The van der Waals surface area contributed by atoms with Crippen LogP contribution in [0.25, 0.3) is 0 Å². The van der Waals surface area contributed by atoms with Gasteiger partial charge >= 0.3 is 5.97 Å². The Morgan fingerprint density at radius 3 is 2.75 bits per heavy atom. The molecule has 1 aromatic carbocycles. The lowest BCUT2D eigenvalue weighted by Gasteiger charge is -2.12. The number of nitrogen functional groups attached to an aromatic ring is 1. The maximum Gasteiger partial charge on any atom is 0.325 e. The van der Waals surface area contributed by atoms with Crippen LogP contribution in [0.15, 0.2) is 24.3 Å². The zero-order valence-corrected chi connectivity index (χ0v) is 12.1. The molecule has 0 fully saturated rings. The third kappa shape index (κ3) is 4.71. The molecule has 20 heavy (non-hydrogen) atoms. The Morgan fingerprint density at radius 1 is 1.45 bits per heavy atom. The number of anilines is 1. The molecule has 3 N–H and O–H groups in total. The monoisotopic (exact) mass is 302 g/mol. The molecule has 0 radical (unpaired) electrons. The number of sulfonamides is 1. The SMILES string of the molecule is COC(=O)C(C)S(=O)(=O)NCCOc1cccc(N)c1. The van der Waals surface area contributed by atoms with Crippen molar-refractivity contribution < 1.29 is 22.7 Å². The number of methoxy groups -OCH3 is 1. The predicted octanol–water partition coefficient (Wildman–Crippen LogP) is 0.128. The number of nitrogens with one attached hydrogen (secondary N) is 1.